The van der Waals surface area contributed by atoms with Crippen molar-refractivity contribution in [2.75, 3.05) is 20.3 Å². The van der Waals surface area contributed by atoms with E-state index in [2.05, 4.69) is 0 Å². The summed E-state index contributed by atoms with van der Waals surface area (Å²) < 4.78 is 16.5. The third-order valence-corrected chi connectivity index (χ3v) is 2.70. The Labute approximate surface area is 95.3 Å². The highest BCUT2D eigenvalue weighted by Gasteiger charge is 2.26. The summed E-state index contributed by atoms with van der Waals surface area (Å²) in [5.41, 5.74) is 6.91. The van der Waals surface area contributed by atoms with Crippen LogP contribution in [0.25, 0.3) is 0 Å². The maximum atomic E-state index is 5.90. The minimum atomic E-state index is -0.340. The van der Waals surface area contributed by atoms with Crippen LogP contribution in [0.1, 0.15) is 11.9 Å². The van der Waals surface area contributed by atoms with Crippen LogP contribution in [0.3, 0.4) is 0 Å². The van der Waals surface area contributed by atoms with Crippen molar-refractivity contribution in [3.05, 3.63) is 35.9 Å². The lowest BCUT2D eigenvalue weighted by Gasteiger charge is -2.17. The average molecular weight is 223 g/mol. The zero-order valence-corrected chi connectivity index (χ0v) is 9.34. The Bertz CT molecular complexity index is 317. The van der Waals surface area contributed by atoms with Crippen molar-refractivity contribution < 1.29 is 14.2 Å². The van der Waals surface area contributed by atoms with Crippen LogP contribution in [0, 0.1) is 0 Å². The van der Waals surface area contributed by atoms with Crippen LogP contribution in [-0.4, -0.2) is 32.5 Å². The van der Waals surface area contributed by atoms with E-state index in [0.717, 1.165) is 5.56 Å². The van der Waals surface area contributed by atoms with Crippen molar-refractivity contribution in [1.82, 2.24) is 0 Å². The molecule has 1 aromatic rings. The normalized spacial score (nSPS) is 31.0. The SMILES string of the molecule is COC1COC(c2ccccc2)OCC1N. The molecule has 3 atom stereocenters. The highest BCUT2D eigenvalue weighted by molar-refractivity contribution is 5.16. The molecule has 2 rings (SSSR count). The molecule has 0 aromatic heterocycles. The molecule has 0 amide bonds. The Morgan fingerprint density at radius 2 is 1.88 bits per heavy atom. The largest absolute Gasteiger partial charge is 0.377 e. The van der Waals surface area contributed by atoms with E-state index >= 15 is 0 Å². The highest BCUT2D eigenvalue weighted by Crippen LogP contribution is 2.22. The second-order valence-corrected chi connectivity index (χ2v) is 3.85. The Morgan fingerprint density at radius 3 is 2.56 bits per heavy atom. The molecular formula is C12H17NO3. The number of rotatable bonds is 2. The molecule has 1 heterocycles. The van der Waals surface area contributed by atoms with Gasteiger partial charge in [0.25, 0.3) is 0 Å². The van der Waals surface area contributed by atoms with Crippen LogP contribution >= 0.6 is 0 Å². The first kappa shape index (κ1) is 11.5. The number of methoxy groups -OCH3 is 1. The molecule has 0 bridgehead atoms. The fraction of sp³-hybridized carbons (Fsp3) is 0.500. The van der Waals surface area contributed by atoms with Gasteiger partial charge in [-0.1, -0.05) is 30.3 Å². The van der Waals surface area contributed by atoms with E-state index < -0.39 is 0 Å². The summed E-state index contributed by atoms with van der Waals surface area (Å²) in [6, 6.07) is 9.69. The van der Waals surface area contributed by atoms with E-state index in [9.17, 15) is 0 Å². The second-order valence-electron chi connectivity index (χ2n) is 3.85. The van der Waals surface area contributed by atoms with E-state index in [1.807, 2.05) is 30.3 Å². The number of ether oxygens (including phenoxy) is 3. The maximum absolute atomic E-state index is 5.90. The third-order valence-electron chi connectivity index (χ3n) is 2.70. The van der Waals surface area contributed by atoms with Crippen LogP contribution in [0.5, 0.6) is 0 Å². The van der Waals surface area contributed by atoms with Crippen molar-refractivity contribution in [3.8, 4) is 0 Å². The number of hydrogen-bond donors (Lipinski definition) is 1. The van der Waals surface area contributed by atoms with Gasteiger partial charge in [-0.25, -0.2) is 0 Å². The van der Waals surface area contributed by atoms with Crippen molar-refractivity contribution in [1.29, 1.82) is 0 Å². The third kappa shape index (κ3) is 2.59. The molecule has 2 N–H and O–H groups in total. The van der Waals surface area contributed by atoms with Gasteiger partial charge in [-0.05, 0) is 0 Å². The standard InChI is InChI=1S/C12H17NO3/c1-14-11-8-16-12(15-7-10(11)13)9-5-3-2-4-6-9/h2-6,10-12H,7-8,13H2,1H3. The average Bonchev–Trinajstić information content (AvgIpc) is 2.52. The minimum absolute atomic E-state index is 0.103. The van der Waals surface area contributed by atoms with E-state index in [0.29, 0.717) is 13.2 Å². The fourth-order valence-electron chi connectivity index (χ4n) is 1.71. The summed E-state index contributed by atoms with van der Waals surface area (Å²) in [6.07, 6.45) is -0.443. The fourth-order valence-corrected chi connectivity index (χ4v) is 1.71. The molecule has 4 nitrogen and oxygen atoms in total. The van der Waals surface area contributed by atoms with E-state index in [1.165, 1.54) is 0 Å². The molecule has 1 aliphatic rings. The first-order valence-electron chi connectivity index (χ1n) is 5.38. The van der Waals surface area contributed by atoms with Crippen molar-refractivity contribution >= 4 is 0 Å². The lowest BCUT2D eigenvalue weighted by atomic mass is 10.2. The zero-order valence-electron chi connectivity index (χ0n) is 9.34. The summed E-state index contributed by atoms with van der Waals surface area (Å²) in [4.78, 5) is 0. The number of benzene rings is 1. The second kappa shape index (κ2) is 5.41. The lowest BCUT2D eigenvalue weighted by Crippen LogP contribution is -2.40. The molecule has 0 radical (unpaired) electrons. The van der Waals surface area contributed by atoms with Gasteiger partial charge in [-0.15, -0.1) is 0 Å². The summed E-state index contributed by atoms with van der Waals surface area (Å²) in [5, 5.41) is 0. The molecule has 1 aliphatic heterocycles. The molecule has 0 saturated carbocycles. The van der Waals surface area contributed by atoms with Crippen molar-refractivity contribution in [3.63, 3.8) is 0 Å². The maximum Gasteiger partial charge on any atom is 0.184 e. The summed E-state index contributed by atoms with van der Waals surface area (Å²) in [7, 11) is 1.64. The molecule has 4 heteroatoms. The van der Waals surface area contributed by atoms with Gasteiger partial charge in [0.05, 0.1) is 25.4 Å². The first-order chi connectivity index (χ1) is 7.81. The van der Waals surface area contributed by atoms with E-state index in [1.54, 1.807) is 7.11 Å². The molecule has 16 heavy (non-hydrogen) atoms. The van der Waals surface area contributed by atoms with Crippen molar-refractivity contribution in [2.45, 2.75) is 18.4 Å². The van der Waals surface area contributed by atoms with Crippen LogP contribution in [0.15, 0.2) is 30.3 Å². The summed E-state index contributed by atoms with van der Waals surface area (Å²) in [6.45, 7) is 0.898. The van der Waals surface area contributed by atoms with Crippen molar-refractivity contribution in [2.24, 2.45) is 5.73 Å². The Morgan fingerprint density at radius 1 is 1.19 bits per heavy atom. The van der Waals surface area contributed by atoms with Gasteiger partial charge in [0.2, 0.25) is 0 Å². The smallest absolute Gasteiger partial charge is 0.184 e. The zero-order chi connectivity index (χ0) is 11.4. The number of hydrogen-bond acceptors (Lipinski definition) is 4. The van der Waals surface area contributed by atoms with Crippen LogP contribution < -0.4 is 5.73 Å². The van der Waals surface area contributed by atoms with Crippen LogP contribution in [-0.2, 0) is 14.2 Å². The van der Waals surface area contributed by atoms with E-state index in [4.69, 9.17) is 19.9 Å². The Kier molecular flexibility index (Phi) is 3.90. The molecule has 0 aliphatic carbocycles. The van der Waals surface area contributed by atoms with E-state index in [-0.39, 0.29) is 18.4 Å². The topological polar surface area (TPSA) is 53.7 Å². The first-order valence-corrected chi connectivity index (χ1v) is 5.38. The molecule has 0 spiro atoms. The minimum Gasteiger partial charge on any atom is -0.377 e. The van der Waals surface area contributed by atoms with Gasteiger partial charge in [0.1, 0.15) is 0 Å². The quantitative estimate of drug-likeness (QED) is 0.815. The Balaban J connectivity index is 2.04. The molecule has 3 unspecified atom stereocenters. The predicted molar refractivity (Wildman–Crippen MR) is 59.9 cm³/mol. The summed E-state index contributed by atoms with van der Waals surface area (Å²) >= 11 is 0. The van der Waals surface area contributed by atoms with Gasteiger partial charge in [-0.2, -0.15) is 0 Å². The number of nitrogens with two attached hydrogens (primary N) is 1. The highest BCUT2D eigenvalue weighted by atomic mass is 16.7. The van der Waals surface area contributed by atoms with Crippen LogP contribution in [0.2, 0.25) is 0 Å². The molecule has 1 saturated heterocycles. The lowest BCUT2D eigenvalue weighted by molar-refractivity contribution is -0.137. The van der Waals surface area contributed by atoms with Gasteiger partial charge < -0.3 is 19.9 Å². The van der Waals surface area contributed by atoms with Gasteiger partial charge in [0.15, 0.2) is 6.29 Å². The predicted octanol–water partition coefficient (Wildman–Crippen LogP) is 1.07. The Hall–Kier alpha value is -0.940. The molecule has 1 fully saturated rings. The molecule has 88 valence electrons. The monoisotopic (exact) mass is 223 g/mol. The summed E-state index contributed by atoms with van der Waals surface area (Å²) in [5.74, 6) is 0. The van der Waals surface area contributed by atoms with Gasteiger partial charge >= 0.3 is 0 Å². The molecular weight excluding hydrogens is 206 g/mol. The van der Waals surface area contributed by atoms with Gasteiger partial charge in [0, 0.05) is 12.7 Å². The molecule has 1 aromatic carbocycles. The van der Waals surface area contributed by atoms with Gasteiger partial charge in [-0.3, -0.25) is 0 Å². The van der Waals surface area contributed by atoms with Crippen LogP contribution in [0.4, 0.5) is 0 Å².